The monoisotopic (exact) mass is 352 g/mol. The topological polar surface area (TPSA) is 62.5 Å². The predicted molar refractivity (Wildman–Crippen MR) is 102 cm³/mol. The fourth-order valence-electron chi connectivity index (χ4n) is 2.72. The van der Waals surface area contributed by atoms with Crippen molar-refractivity contribution in [3.8, 4) is 11.1 Å². The quantitative estimate of drug-likeness (QED) is 0.544. The van der Waals surface area contributed by atoms with Crippen LogP contribution >= 0.6 is 0 Å². The minimum Gasteiger partial charge on any atom is -0.359 e. The number of guanidine groups is 1. The van der Waals surface area contributed by atoms with Crippen LogP contribution < -0.4 is 10.6 Å². The van der Waals surface area contributed by atoms with Crippen molar-refractivity contribution in [2.24, 2.45) is 4.99 Å². The zero-order chi connectivity index (χ0) is 18.5. The molecule has 0 aliphatic heterocycles. The summed E-state index contributed by atoms with van der Waals surface area (Å²) in [5, 5.41) is 9.97. The number of nitrogens with zero attached hydrogens (tertiary/aromatic N) is 2. The standard InChI is InChI=1S/C20H21FN4O/c1-13(18-12-19(26-25-18)24-20(22-2)23-3)15-9-10-16(17(21)11-15)14-7-5-4-6-8-14/h4-13H,1-3H3,(H2,22,23,24). The molecule has 3 aromatic rings. The molecule has 0 saturated heterocycles. The third-order valence-electron chi connectivity index (χ3n) is 4.25. The van der Waals surface area contributed by atoms with Gasteiger partial charge in [0.05, 0.1) is 5.69 Å². The van der Waals surface area contributed by atoms with E-state index in [-0.39, 0.29) is 11.7 Å². The van der Waals surface area contributed by atoms with Gasteiger partial charge in [0, 0.05) is 31.6 Å². The molecule has 134 valence electrons. The molecule has 2 aromatic carbocycles. The van der Waals surface area contributed by atoms with Crippen molar-refractivity contribution in [1.82, 2.24) is 10.5 Å². The van der Waals surface area contributed by atoms with Crippen molar-refractivity contribution < 1.29 is 8.91 Å². The Hall–Kier alpha value is -3.15. The number of aromatic nitrogens is 1. The average molecular weight is 352 g/mol. The zero-order valence-corrected chi connectivity index (χ0v) is 15.0. The van der Waals surface area contributed by atoms with Crippen molar-refractivity contribution in [3.05, 3.63) is 71.7 Å². The third kappa shape index (κ3) is 3.74. The Morgan fingerprint density at radius 1 is 1.15 bits per heavy atom. The lowest BCUT2D eigenvalue weighted by Gasteiger charge is -2.11. The molecule has 26 heavy (non-hydrogen) atoms. The molecule has 1 aromatic heterocycles. The number of hydrogen-bond acceptors (Lipinski definition) is 3. The van der Waals surface area contributed by atoms with Crippen LogP contribution in [0.4, 0.5) is 10.3 Å². The number of rotatable bonds is 4. The van der Waals surface area contributed by atoms with Gasteiger partial charge in [-0.15, -0.1) is 0 Å². The maximum atomic E-state index is 14.6. The first-order chi connectivity index (χ1) is 12.6. The Labute approximate surface area is 151 Å². The van der Waals surface area contributed by atoms with E-state index in [9.17, 15) is 4.39 Å². The minimum atomic E-state index is -0.252. The van der Waals surface area contributed by atoms with E-state index in [0.717, 1.165) is 11.1 Å². The van der Waals surface area contributed by atoms with Crippen molar-refractivity contribution >= 4 is 11.8 Å². The maximum Gasteiger partial charge on any atom is 0.231 e. The second-order valence-electron chi connectivity index (χ2n) is 5.89. The first-order valence-corrected chi connectivity index (χ1v) is 8.35. The lowest BCUT2D eigenvalue weighted by atomic mass is 9.95. The molecule has 0 bridgehead atoms. The molecule has 1 unspecified atom stereocenters. The van der Waals surface area contributed by atoms with Gasteiger partial charge in [-0.25, -0.2) is 4.39 Å². The SMILES string of the molecule is C/N=C(\NC)Nc1cc(C(C)c2ccc(-c3ccccc3)c(F)c2)no1. The normalized spacial score (nSPS) is 12.7. The van der Waals surface area contributed by atoms with Crippen LogP contribution in [0.2, 0.25) is 0 Å². The molecule has 0 aliphatic rings. The molecule has 0 aliphatic carbocycles. The molecular formula is C20H21FN4O. The molecule has 2 N–H and O–H groups in total. The molecule has 0 radical (unpaired) electrons. The highest BCUT2D eigenvalue weighted by Crippen LogP contribution is 2.29. The van der Waals surface area contributed by atoms with E-state index in [1.54, 1.807) is 32.3 Å². The molecule has 1 atom stereocenters. The Morgan fingerprint density at radius 2 is 1.92 bits per heavy atom. The highest BCUT2D eigenvalue weighted by molar-refractivity contribution is 5.92. The number of halogens is 1. The van der Waals surface area contributed by atoms with Crippen LogP contribution in [-0.2, 0) is 0 Å². The van der Waals surface area contributed by atoms with E-state index in [4.69, 9.17) is 4.52 Å². The lowest BCUT2D eigenvalue weighted by molar-refractivity contribution is 0.424. The highest BCUT2D eigenvalue weighted by atomic mass is 19.1. The van der Waals surface area contributed by atoms with Gasteiger partial charge in [-0.05, 0) is 17.2 Å². The largest absolute Gasteiger partial charge is 0.359 e. The summed E-state index contributed by atoms with van der Waals surface area (Å²) in [4.78, 5) is 4.02. The highest BCUT2D eigenvalue weighted by Gasteiger charge is 2.16. The number of nitrogens with one attached hydrogen (secondary N) is 2. The summed E-state index contributed by atoms with van der Waals surface area (Å²) in [6.45, 7) is 1.96. The molecule has 1 heterocycles. The van der Waals surface area contributed by atoms with E-state index in [2.05, 4.69) is 20.8 Å². The molecule has 0 fully saturated rings. The molecule has 6 heteroatoms. The van der Waals surface area contributed by atoms with Crippen LogP contribution in [0.3, 0.4) is 0 Å². The van der Waals surface area contributed by atoms with Gasteiger partial charge >= 0.3 is 0 Å². The van der Waals surface area contributed by atoms with E-state index in [1.165, 1.54) is 0 Å². The molecule has 0 spiro atoms. The number of aliphatic imine (C=N–C) groups is 1. The minimum absolute atomic E-state index is 0.106. The summed E-state index contributed by atoms with van der Waals surface area (Å²) in [7, 11) is 3.42. The smallest absolute Gasteiger partial charge is 0.231 e. The molecule has 5 nitrogen and oxygen atoms in total. The van der Waals surface area contributed by atoms with E-state index in [1.807, 2.05) is 43.3 Å². The van der Waals surface area contributed by atoms with Gasteiger partial charge < -0.3 is 9.84 Å². The first kappa shape index (κ1) is 17.7. The maximum absolute atomic E-state index is 14.6. The Bertz CT molecular complexity index is 905. The zero-order valence-electron chi connectivity index (χ0n) is 15.0. The van der Waals surface area contributed by atoms with Crippen LogP contribution in [0.25, 0.3) is 11.1 Å². The van der Waals surface area contributed by atoms with E-state index in [0.29, 0.717) is 23.1 Å². The second-order valence-corrected chi connectivity index (χ2v) is 5.89. The van der Waals surface area contributed by atoms with Gasteiger partial charge in [0.1, 0.15) is 5.82 Å². The van der Waals surface area contributed by atoms with Gasteiger partial charge in [0.15, 0.2) is 5.96 Å². The summed E-state index contributed by atoms with van der Waals surface area (Å²) in [6.07, 6.45) is 0. The van der Waals surface area contributed by atoms with Crippen LogP contribution in [0.1, 0.15) is 24.1 Å². The summed E-state index contributed by atoms with van der Waals surface area (Å²) < 4.78 is 19.9. The fourth-order valence-corrected chi connectivity index (χ4v) is 2.72. The Morgan fingerprint density at radius 3 is 2.58 bits per heavy atom. The molecule has 0 amide bonds. The number of benzene rings is 2. The van der Waals surface area contributed by atoms with Gasteiger partial charge in [0.2, 0.25) is 5.88 Å². The third-order valence-corrected chi connectivity index (χ3v) is 4.25. The van der Waals surface area contributed by atoms with Crippen LogP contribution in [0.15, 0.2) is 64.1 Å². The van der Waals surface area contributed by atoms with Gasteiger partial charge in [-0.3, -0.25) is 10.3 Å². The van der Waals surface area contributed by atoms with E-state index >= 15 is 0 Å². The summed E-state index contributed by atoms with van der Waals surface area (Å²) in [6, 6.07) is 16.6. The molecule has 3 rings (SSSR count). The number of hydrogen-bond donors (Lipinski definition) is 2. The summed E-state index contributed by atoms with van der Waals surface area (Å²) >= 11 is 0. The summed E-state index contributed by atoms with van der Waals surface area (Å²) in [5.41, 5.74) is 2.99. The summed E-state index contributed by atoms with van der Waals surface area (Å²) in [5.74, 6) is 0.685. The second kappa shape index (κ2) is 7.82. The van der Waals surface area contributed by atoms with Crippen molar-refractivity contribution in [1.29, 1.82) is 0 Å². The average Bonchev–Trinajstić information content (AvgIpc) is 3.14. The fraction of sp³-hybridized carbons (Fsp3) is 0.200. The van der Waals surface area contributed by atoms with Crippen molar-refractivity contribution in [3.63, 3.8) is 0 Å². The Kier molecular flexibility index (Phi) is 5.31. The van der Waals surface area contributed by atoms with Crippen LogP contribution in [0, 0.1) is 5.82 Å². The lowest BCUT2D eigenvalue weighted by Crippen LogP contribution is -2.26. The van der Waals surface area contributed by atoms with E-state index < -0.39 is 0 Å². The van der Waals surface area contributed by atoms with Crippen molar-refractivity contribution in [2.75, 3.05) is 19.4 Å². The van der Waals surface area contributed by atoms with Gasteiger partial charge in [-0.1, -0.05) is 54.5 Å². The van der Waals surface area contributed by atoms with Gasteiger partial charge in [-0.2, -0.15) is 0 Å². The van der Waals surface area contributed by atoms with Crippen LogP contribution in [0.5, 0.6) is 0 Å². The van der Waals surface area contributed by atoms with Crippen molar-refractivity contribution in [2.45, 2.75) is 12.8 Å². The van der Waals surface area contributed by atoms with Gasteiger partial charge in [0.25, 0.3) is 0 Å². The predicted octanol–water partition coefficient (Wildman–Crippen LogP) is 4.25. The Balaban J connectivity index is 1.81. The molecule has 0 saturated carbocycles. The van der Waals surface area contributed by atoms with Crippen LogP contribution in [-0.4, -0.2) is 25.2 Å². The molecular weight excluding hydrogens is 331 g/mol. The first-order valence-electron chi connectivity index (χ1n) is 8.35. The number of anilines is 1.